The van der Waals surface area contributed by atoms with Crippen molar-refractivity contribution in [2.75, 3.05) is 6.61 Å². The molecule has 0 aliphatic heterocycles. The summed E-state index contributed by atoms with van der Waals surface area (Å²) >= 11 is 3.48. The number of esters is 1. The Kier molecular flexibility index (Phi) is 6.14. The molecule has 0 fully saturated rings. The summed E-state index contributed by atoms with van der Waals surface area (Å²) in [5.74, 6) is 0.517. The molecular weight excluding hydrogens is 390 g/mol. The monoisotopic (exact) mass is 407 g/mol. The molecule has 0 saturated carbocycles. The predicted molar refractivity (Wildman–Crippen MR) is 97.2 cm³/mol. The van der Waals surface area contributed by atoms with Crippen LogP contribution in [0.1, 0.15) is 30.9 Å². The Morgan fingerprint density at radius 3 is 2.44 bits per heavy atom. The van der Waals surface area contributed by atoms with Gasteiger partial charge in [0.1, 0.15) is 11.5 Å². The first-order valence-electron chi connectivity index (χ1n) is 7.66. The molecule has 132 valence electrons. The Hall–Kier alpha value is -2.41. The average molecular weight is 408 g/mol. The summed E-state index contributed by atoms with van der Waals surface area (Å²) in [5.41, 5.74) is 1.84. The topological polar surface area (TPSA) is 78.7 Å². The smallest absolute Gasteiger partial charge is 0.349 e. The quantitative estimate of drug-likeness (QED) is 0.298. The van der Waals surface area contributed by atoms with Gasteiger partial charge in [0.15, 0.2) is 6.61 Å². The summed E-state index contributed by atoms with van der Waals surface area (Å²) in [6.07, 6.45) is 0. The van der Waals surface area contributed by atoms with Crippen molar-refractivity contribution < 1.29 is 19.2 Å². The lowest BCUT2D eigenvalue weighted by atomic mass is 10.0. The lowest BCUT2D eigenvalue weighted by molar-refractivity contribution is -0.384. The number of aryl methyl sites for hydroxylation is 1. The van der Waals surface area contributed by atoms with Gasteiger partial charge in [-0.3, -0.25) is 10.1 Å². The van der Waals surface area contributed by atoms with Crippen LogP contribution in [0.2, 0.25) is 0 Å². The van der Waals surface area contributed by atoms with Crippen molar-refractivity contribution in [1.82, 2.24) is 0 Å². The molecule has 0 spiro atoms. The lowest BCUT2D eigenvalue weighted by Crippen LogP contribution is -2.18. The highest BCUT2D eigenvalue weighted by Crippen LogP contribution is 2.32. The molecule has 0 amide bonds. The van der Waals surface area contributed by atoms with Crippen molar-refractivity contribution in [2.24, 2.45) is 0 Å². The fraction of sp³-hybridized carbons (Fsp3) is 0.278. The number of nitro groups is 1. The van der Waals surface area contributed by atoms with E-state index < -0.39 is 10.9 Å². The highest BCUT2D eigenvalue weighted by Gasteiger charge is 2.15. The minimum absolute atomic E-state index is 0.0400. The van der Waals surface area contributed by atoms with E-state index in [9.17, 15) is 14.9 Å². The fourth-order valence-electron chi connectivity index (χ4n) is 2.17. The third kappa shape index (κ3) is 5.03. The van der Waals surface area contributed by atoms with Crippen LogP contribution < -0.4 is 9.47 Å². The van der Waals surface area contributed by atoms with Crippen molar-refractivity contribution in [1.29, 1.82) is 0 Å². The van der Waals surface area contributed by atoms with Gasteiger partial charge in [0.05, 0.1) is 4.92 Å². The van der Waals surface area contributed by atoms with Gasteiger partial charge < -0.3 is 9.47 Å². The van der Waals surface area contributed by atoms with Crippen LogP contribution in [0.5, 0.6) is 11.5 Å². The Labute approximate surface area is 154 Å². The molecule has 7 heteroatoms. The molecule has 25 heavy (non-hydrogen) atoms. The van der Waals surface area contributed by atoms with E-state index in [1.807, 2.05) is 32.9 Å². The molecule has 6 nitrogen and oxygen atoms in total. The van der Waals surface area contributed by atoms with Gasteiger partial charge in [-0.15, -0.1) is 0 Å². The second-order valence-corrected chi connectivity index (χ2v) is 6.66. The van der Waals surface area contributed by atoms with Crippen LogP contribution in [-0.2, 0) is 4.79 Å². The van der Waals surface area contributed by atoms with Gasteiger partial charge in [0.25, 0.3) is 5.69 Å². The molecule has 0 aliphatic carbocycles. The van der Waals surface area contributed by atoms with E-state index in [4.69, 9.17) is 9.47 Å². The molecule has 2 rings (SSSR count). The van der Waals surface area contributed by atoms with Gasteiger partial charge in [-0.1, -0.05) is 29.8 Å². The summed E-state index contributed by atoms with van der Waals surface area (Å²) in [5, 5.41) is 10.6. The number of hydrogen-bond acceptors (Lipinski definition) is 5. The largest absolute Gasteiger partial charge is 0.482 e. The van der Waals surface area contributed by atoms with Gasteiger partial charge >= 0.3 is 5.97 Å². The van der Waals surface area contributed by atoms with Gasteiger partial charge in [0, 0.05) is 16.6 Å². The van der Waals surface area contributed by atoms with Crippen LogP contribution in [-0.4, -0.2) is 17.5 Å². The minimum atomic E-state index is -0.540. The van der Waals surface area contributed by atoms with Crippen molar-refractivity contribution >= 4 is 27.6 Å². The molecule has 0 aromatic heterocycles. The molecule has 0 radical (unpaired) electrons. The van der Waals surface area contributed by atoms with Gasteiger partial charge in [-0.2, -0.15) is 0 Å². The maximum Gasteiger partial charge on any atom is 0.349 e. The molecule has 0 bridgehead atoms. The summed E-state index contributed by atoms with van der Waals surface area (Å²) in [6.45, 7) is 5.66. The number of benzene rings is 2. The van der Waals surface area contributed by atoms with E-state index >= 15 is 0 Å². The first-order valence-corrected chi connectivity index (χ1v) is 8.45. The second-order valence-electron chi connectivity index (χ2n) is 5.81. The number of non-ortho nitro benzene ring substituents is 1. The van der Waals surface area contributed by atoms with E-state index in [0.29, 0.717) is 11.5 Å². The molecule has 0 heterocycles. The van der Waals surface area contributed by atoms with E-state index in [1.165, 1.54) is 24.3 Å². The Morgan fingerprint density at radius 1 is 1.24 bits per heavy atom. The summed E-state index contributed by atoms with van der Waals surface area (Å²) in [6, 6.07) is 9.26. The Balaban J connectivity index is 2.03. The summed E-state index contributed by atoms with van der Waals surface area (Å²) in [7, 11) is 0. The highest BCUT2D eigenvalue weighted by atomic mass is 79.9. The third-order valence-electron chi connectivity index (χ3n) is 3.54. The van der Waals surface area contributed by atoms with Crippen LogP contribution in [0.25, 0.3) is 0 Å². The number of carbonyl (C=O) groups excluding carboxylic acids is 1. The van der Waals surface area contributed by atoms with Crippen LogP contribution in [0.4, 0.5) is 5.69 Å². The molecule has 0 saturated heterocycles. The van der Waals surface area contributed by atoms with Crippen molar-refractivity contribution in [3.8, 4) is 11.5 Å². The maximum absolute atomic E-state index is 12.1. The number of carbonyl (C=O) groups is 1. The molecule has 0 N–H and O–H groups in total. The zero-order chi connectivity index (χ0) is 18.6. The van der Waals surface area contributed by atoms with Crippen molar-refractivity contribution in [3.05, 3.63) is 62.1 Å². The zero-order valence-electron chi connectivity index (χ0n) is 14.1. The van der Waals surface area contributed by atoms with E-state index in [1.54, 1.807) is 0 Å². The standard InChI is InChI=1S/C18H18BrNO5/c1-11(2)15-9-16(19)12(3)8-17(15)25-18(21)10-24-14-6-4-13(5-7-14)20(22)23/h4-9,11H,10H2,1-3H3. The van der Waals surface area contributed by atoms with Crippen LogP contribution in [0.3, 0.4) is 0 Å². The van der Waals surface area contributed by atoms with E-state index in [-0.39, 0.29) is 18.2 Å². The summed E-state index contributed by atoms with van der Waals surface area (Å²) in [4.78, 5) is 22.2. The second kappa shape index (κ2) is 8.11. The van der Waals surface area contributed by atoms with E-state index in [0.717, 1.165) is 15.6 Å². The maximum atomic E-state index is 12.1. The Morgan fingerprint density at radius 2 is 1.88 bits per heavy atom. The summed E-state index contributed by atoms with van der Waals surface area (Å²) < 4.78 is 11.7. The normalized spacial score (nSPS) is 10.6. The average Bonchev–Trinajstić information content (AvgIpc) is 2.56. The number of rotatable bonds is 6. The first kappa shape index (κ1) is 18.9. The number of halogens is 1. The van der Waals surface area contributed by atoms with Crippen LogP contribution in [0, 0.1) is 17.0 Å². The molecule has 0 aliphatic rings. The van der Waals surface area contributed by atoms with Crippen LogP contribution in [0.15, 0.2) is 40.9 Å². The van der Waals surface area contributed by atoms with Crippen LogP contribution >= 0.6 is 15.9 Å². The number of ether oxygens (including phenoxy) is 2. The highest BCUT2D eigenvalue weighted by molar-refractivity contribution is 9.10. The molecule has 2 aromatic carbocycles. The molecular formula is C18H18BrNO5. The third-order valence-corrected chi connectivity index (χ3v) is 4.40. The molecule has 0 unspecified atom stereocenters. The zero-order valence-corrected chi connectivity index (χ0v) is 15.7. The molecule has 0 atom stereocenters. The van der Waals surface area contributed by atoms with E-state index in [2.05, 4.69) is 15.9 Å². The lowest BCUT2D eigenvalue weighted by Gasteiger charge is -2.15. The number of nitrogens with zero attached hydrogens (tertiary/aromatic N) is 1. The fourth-order valence-corrected chi connectivity index (χ4v) is 2.53. The first-order chi connectivity index (χ1) is 11.8. The number of hydrogen-bond donors (Lipinski definition) is 0. The SMILES string of the molecule is Cc1cc(OC(=O)COc2ccc([N+](=O)[O-])cc2)c(C(C)C)cc1Br. The van der Waals surface area contributed by atoms with Crippen molar-refractivity contribution in [3.63, 3.8) is 0 Å². The predicted octanol–water partition coefficient (Wildman–Crippen LogP) is 4.77. The van der Waals surface area contributed by atoms with Gasteiger partial charge in [-0.05, 0) is 48.2 Å². The Bertz CT molecular complexity index is 787. The number of nitro benzene ring substituents is 1. The minimum Gasteiger partial charge on any atom is -0.482 e. The van der Waals surface area contributed by atoms with Gasteiger partial charge in [0.2, 0.25) is 0 Å². The molecule has 2 aromatic rings. The van der Waals surface area contributed by atoms with Crippen molar-refractivity contribution in [2.45, 2.75) is 26.7 Å². The van der Waals surface area contributed by atoms with Gasteiger partial charge in [-0.25, -0.2) is 4.79 Å².